The molecule has 1 aromatic heterocycles. The van der Waals surface area contributed by atoms with E-state index >= 15 is 0 Å². The average Bonchev–Trinajstić information content (AvgIpc) is 2.82. The Balaban J connectivity index is 2.22. The van der Waals surface area contributed by atoms with Gasteiger partial charge in [0.05, 0.1) is 12.1 Å². The largest absolute Gasteiger partial charge is 0.477 e. The number of aromatic nitrogens is 1. The van der Waals surface area contributed by atoms with E-state index in [0.29, 0.717) is 29.5 Å². The molecule has 1 aromatic carbocycles. The first kappa shape index (κ1) is 10.7. The Morgan fingerprint density at radius 3 is 2.83 bits per heavy atom. The molecule has 0 saturated heterocycles. The minimum Gasteiger partial charge on any atom is -0.477 e. The summed E-state index contributed by atoms with van der Waals surface area (Å²) in [5, 5.41) is 9.90. The van der Waals surface area contributed by atoms with Crippen LogP contribution in [0.5, 0.6) is 17.4 Å². The van der Waals surface area contributed by atoms with Crippen LogP contribution >= 0.6 is 0 Å². The number of hydrogen-bond acceptors (Lipinski definition) is 5. The van der Waals surface area contributed by atoms with Gasteiger partial charge in [0, 0.05) is 11.5 Å². The van der Waals surface area contributed by atoms with Gasteiger partial charge in [0.2, 0.25) is 12.7 Å². The first-order valence-electron chi connectivity index (χ1n) is 5.59. The molecule has 0 amide bonds. The normalized spacial score (nSPS) is 12.4. The molecular weight excluding hydrogens is 232 g/mol. The summed E-state index contributed by atoms with van der Waals surface area (Å²) in [6, 6.07) is 7.44. The molecule has 0 aliphatic carbocycles. The number of hydrogen-bond donors (Lipinski definition) is 0. The third-order valence-electron chi connectivity index (χ3n) is 2.68. The Morgan fingerprint density at radius 1 is 1.33 bits per heavy atom. The molecule has 2 aromatic rings. The van der Waals surface area contributed by atoms with Gasteiger partial charge >= 0.3 is 0 Å². The van der Waals surface area contributed by atoms with Crippen molar-refractivity contribution < 1.29 is 14.2 Å². The summed E-state index contributed by atoms with van der Waals surface area (Å²) in [4.78, 5) is 4.33. The zero-order chi connectivity index (χ0) is 12.5. The molecule has 0 saturated carbocycles. The third-order valence-corrected chi connectivity index (χ3v) is 2.68. The van der Waals surface area contributed by atoms with Crippen LogP contribution in [0.2, 0.25) is 0 Å². The van der Waals surface area contributed by atoms with Gasteiger partial charge in [0.15, 0.2) is 11.5 Å². The first-order valence-corrected chi connectivity index (χ1v) is 5.59. The van der Waals surface area contributed by atoms with Crippen LogP contribution in [0.3, 0.4) is 0 Å². The Bertz CT molecular complexity index is 661. The zero-order valence-corrected chi connectivity index (χ0v) is 9.77. The van der Waals surface area contributed by atoms with Crippen LogP contribution < -0.4 is 14.2 Å². The van der Waals surface area contributed by atoms with E-state index in [2.05, 4.69) is 11.1 Å². The predicted molar refractivity (Wildman–Crippen MR) is 63.8 cm³/mol. The second-order valence-electron chi connectivity index (χ2n) is 3.78. The number of rotatable bonds is 2. The van der Waals surface area contributed by atoms with Crippen LogP contribution in [0, 0.1) is 11.3 Å². The van der Waals surface area contributed by atoms with Gasteiger partial charge in [-0.25, -0.2) is 4.98 Å². The SMILES string of the molecule is CCOc1nc2cc3c(cc2cc1C#N)OCO3. The maximum atomic E-state index is 9.07. The quantitative estimate of drug-likeness (QED) is 0.808. The predicted octanol–water partition coefficient (Wildman–Crippen LogP) is 2.23. The second-order valence-corrected chi connectivity index (χ2v) is 3.78. The summed E-state index contributed by atoms with van der Waals surface area (Å²) < 4.78 is 15.9. The molecule has 0 N–H and O–H groups in total. The van der Waals surface area contributed by atoms with Crippen molar-refractivity contribution in [2.24, 2.45) is 0 Å². The van der Waals surface area contributed by atoms with Gasteiger partial charge in [0.1, 0.15) is 11.6 Å². The fourth-order valence-corrected chi connectivity index (χ4v) is 1.87. The lowest BCUT2D eigenvalue weighted by molar-refractivity contribution is 0.174. The van der Waals surface area contributed by atoms with Crippen LogP contribution in [0.4, 0.5) is 0 Å². The summed E-state index contributed by atoms with van der Waals surface area (Å²) in [7, 11) is 0. The lowest BCUT2D eigenvalue weighted by Gasteiger charge is -2.06. The molecule has 0 radical (unpaired) electrons. The Labute approximate surface area is 104 Å². The maximum absolute atomic E-state index is 9.07. The fourth-order valence-electron chi connectivity index (χ4n) is 1.87. The summed E-state index contributed by atoms with van der Waals surface area (Å²) in [6.07, 6.45) is 0. The van der Waals surface area contributed by atoms with Gasteiger partial charge in [0.25, 0.3) is 0 Å². The molecule has 90 valence electrons. The number of fused-ring (bicyclic) bond motifs is 2. The van der Waals surface area contributed by atoms with E-state index in [1.807, 2.05) is 13.0 Å². The molecule has 1 aliphatic rings. The van der Waals surface area contributed by atoms with E-state index in [9.17, 15) is 0 Å². The standard InChI is InChI=1S/C13H10N2O3/c1-2-16-13-9(6-14)3-8-4-11-12(18-7-17-11)5-10(8)15-13/h3-5H,2,7H2,1H3. The molecule has 0 atom stereocenters. The Kier molecular flexibility index (Phi) is 2.41. The highest BCUT2D eigenvalue weighted by Crippen LogP contribution is 2.36. The first-order chi connectivity index (χ1) is 8.81. The average molecular weight is 242 g/mol. The fraction of sp³-hybridized carbons (Fsp3) is 0.231. The van der Waals surface area contributed by atoms with Crippen molar-refractivity contribution in [2.45, 2.75) is 6.92 Å². The smallest absolute Gasteiger partial charge is 0.232 e. The van der Waals surface area contributed by atoms with E-state index in [0.717, 1.165) is 10.9 Å². The van der Waals surface area contributed by atoms with Crippen LogP contribution in [0.15, 0.2) is 18.2 Å². The van der Waals surface area contributed by atoms with Crippen molar-refractivity contribution in [1.82, 2.24) is 4.98 Å². The Hall–Kier alpha value is -2.48. The van der Waals surface area contributed by atoms with Crippen LogP contribution in [0.25, 0.3) is 10.9 Å². The maximum Gasteiger partial charge on any atom is 0.232 e. The van der Waals surface area contributed by atoms with E-state index in [1.54, 1.807) is 12.1 Å². The van der Waals surface area contributed by atoms with E-state index in [4.69, 9.17) is 19.5 Å². The lowest BCUT2D eigenvalue weighted by atomic mass is 10.1. The monoisotopic (exact) mass is 242 g/mol. The second kappa shape index (κ2) is 4.08. The summed E-state index contributed by atoms with van der Waals surface area (Å²) in [5.74, 6) is 1.70. The lowest BCUT2D eigenvalue weighted by Crippen LogP contribution is -1.97. The van der Waals surface area contributed by atoms with Crippen LogP contribution in [-0.2, 0) is 0 Å². The number of nitrogens with zero attached hydrogens (tertiary/aromatic N) is 2. The number of benzene rings is 1. The highest BCUT2D eigenvalue weighted by molar-refractivity contribution is 5.85. The molecule has 0 spiro atoms. The molecule has 5 nitrogen and oxygen atoms in total. The van der Waals surface area contributed by atoms with Crippen LogP contribution in [0.1, 0.15) is 12.5 Å². The van der Waals surface area contributed by atoms with Crippen molar-refractivity contribution in [2.75, 3.05) is 13.4 Å². The molecule has 0 unspecified atom stereocenters. The van der Waals surface area contributed by atoms with Gasteiger partial charge in [-0.05, 0) is 19.1 Å². The number of ether oxygens (including phenoxy) is 3. The zero-order valence-electron chi connectivity index (χ0n) is 9.77. The van der Waals surface area contributed by atoms with Crippen molar-refractivity contribution in [1.29, 1.82) is 5.26 Å². The molecule has 2 heterocycles. The molecule has 0 bridgehead atoms. The van der Waals surface area contributed by atoms with Gasteiger partial charge in [-0.3, -0.25) is 0 Å². The molecule has 5 heteroatoms. The van der Waals surface area contributed by atoms with Crippen molar-refractivity contribution >= 4 is 10.9 Å². The van der Waals surface area contributed by atoms with Gasteiger partial charge in [-0.15, -0.1) is 0 Å². The van der Waals surface area contributed by atoms with Gasteiger partial charge in [-0.1, -0.05) is 0 Å². The molecular formula is C13H10N2O3. The van der Waals surface area contributed by atoms with E-state index < -0.39 is 0 Å². The van der Waals surface area contributed by atoms with Crippen molar-refractivity contribution in [3.8, 4) is 23.4 Å². The van der Waals surface area contributed by atoms with Crippen molar-refractivity contribution in [3.63, 3.8) is 0 Å². The highest BCUT2D eigenvalue weighted by Gasteiger charge is 2.16. The number of pyridine rings is 1. The Morgan fingerprint density at radius 2 is 2.11 bits per heavy atom. The van der Waals surface area contributed by atoms with Gasteiger partial charge < -0.3 is 14.2 Å². The highest BCUT2D eigenvalue weighted by atomic mass is 16.7. The number of nitriles is 1. The molecule has 3 rings (SSSR count). The summed E-state index contributed by atoms with van der Waals surface area (Å²) >= 11 is 0. The summed E-state index contributed by atoms with van der Waals surface area (Å²) in [5.41, 5.74) is 1.14. The summed E-state index contributed by atoms with van der Waals surface area (Å²) in [6.45, 7) is 2.54. The molecule has 1 aliphatic heterocycles. The van der Waals surface area contributed by atoms with E-state index in [-0.39, 0.29) is 6.79 Å². The molecule has 0 fully saturated rings. The minimum absolute atomic E-state index is 0.217. The third kappa shape index (κ3) is 1.59. The van der Waals surface area contributed by atoms with Crippen molar-refractivity contribution in [3.05, 3.63) is 23.8 Å². The van der Waals surface area contributed by atoms with E-state index in [1.165, 1.54) is 0 Å². The molecule has 18 heavy (non-hydrogen) atoms. The van der Waals surface area contributed by atoms with Gasteiger partial charge in [-0.2, -0.15) is 5.26 Å². The topological polar surface area (TPSA) is 64.4 Å². The minimum atomic E-state index is 0.217. The van der Waals surface area contributed by atoms with Crippen LogP contribution in [-0.4, -0.2) is 18.4 Å².